The van der Waals surface area contributed by atoms with Gasteiger partial charge in [0.15, 0.2) is 0 Å². The summed E-state index contributed by atoms with van der Waals surface area (Å²) in [6.07, 6.45) is 8.33. The van der Waals surface area contributed by atoms with Gasteiger partial charge in [0, 0.05) is 18.1 Å². The van der Waals surface area contributed by atoms with Crippen LogP contribution in [0.4, 0.5) is 4.39 Å². The van der Waals surface area contributed by atoms with Crippen molar-refractivity contribution in [1.82, 2.24) is 9.78 Å². The van der Waals surface area contributed by atoms with Crippen molar-refractivity contribution in [2.45, 2.75) is 31.7 Å². The molecule has 0 spiro atoms. The van der Waals surface area contributed by atoms with E-state index in [2.05, 4.69) is 11.2 Å². The van der Waals surface area contributed by atoms with E-state index in [1.165, 1.54) is 30.5 Å². The van der Waals surface area contributed by atoms with Crippen LogP contribution >= 0.6 is 11.6 Å². The van der Waals surface area contributed by atoms with Crippen molar-refractivity contribution in [3.63, 3.8) is 0 Å². The summed E-state index contributed by atoms with van der Waals surface area (Å²) in [7, 11) is 1.89. The lowest BCUT2D eigenvalue weighted by atomic mass is 9.95. The predicted octanol–water partition coefficient (Wildman–Crippen LogP) is 4.88. The quantitative estimate of drug-likeness (QED) is 0.835. The molecule has 1 heterocycles. The maximum atomic E-state index is 13.1. The molecule has 0 amide bonds. The van der Waals surface area contributed by atoms with E-state index in [4.69, 9.17) is 17.3 Å². The average molecular weight is 372 g/mol. The number of hydrogen-bond acceptors (Lipinski definition) is 2. The number of allylic oxidation sites excluding steroid dienone is 3. The monoisotopic (exact) mass is 371 g/mol. The van der Waals surface area contributed by atoms with Crippen LogP contribution < -0.4 is 5.73 Å². The normalized spacial score (nSPS) is 25.9. The van der Waals surface area contributed by atoms with Crippen molar-refractivity contribution < 1.29 is 4.39 Å². The lowest BCUT2D eigenvalue weighted by molar-refractivity contribution is 0.422. The summed E-state index contributed by atoms with van der Waals surface area (Å²) in [5, 5.41) is 5.49. The Morgan fingerprint density at radius 3 is 2.58 bits per heavy atom. The highest BCUT2D eigenvalue weighted by molar-refractivity contribution is 6.30. The molecule has 0 radical (unpaired) electrons. The Morgan fingerprint density at radius 2 is 1.85 bits per heavy atom. The number of nitrogens with two attached hydrogens (primary N) is 1. The van der Waals surface area contributed by atoms with Gasteiger partial charge in [0.25, 0.3) is 0 Å². The number of aromatic nitrogens is 2. The first-order valence-electron chi connectivity index (χ1n) is 9.12. The smallest absolute Gasteiger partial charge is 0.123 e. The van der Waals surface area contributed by atoms with Crippen LogP contribution in [0.1, 0.15) is 31.4 Å². The minimum Gasteiger partial charge on any atom is -0.327 e. The Hall–Kier alpha value is -1.91. The number of benzene rings is 1. The first-order chi connectivity index (χ1) is 12.5. The molecule has 136 valence electrons. The third-order valence-electron chi connectivity index (χ3n) is 5.76. The Balaban J connectivity index is 1.57. The molecule has 1 aromatic heterocycles. The van der Waals surface area contributed by atoms with Gasteiger partial charge in [-0.2, -0.15) is 5.10 Å². The van der Waals surface area contributed by atoms with E-state index >= 15 is 0 Å². The molecule has 1 unspecified atom stereocenters. The fraction of sp³-hybridized carbons (Fsp3) is 0.381. The lowest BCUT2D eigenvalue weighted by Gasteiger charge is -2.16. The molecule has 3 nitrogen and oxygen atoms in total. The second-order valence-corrected chi connectivity index (χ2v) is 7.89. The summed E-state index contributed by atoms with van der Waals surface area (Å²) in [5.41, 5.74) is 10.3. The zero-order chi connectivity index (χ0) is 18.3. The molecule has 1 saturated carbocycles. The molecule has 2 aromatic rings. The van der Waals surface area contributed by atoms with Gasteiger partial charge in [-0.1, -0.05) is 17.7 Å². The average Bonchev–Trinajstić information content (AvgIpc) is 3.11. The van der Waals surface area contributed by atoms with Crippen molar-refractivity contribution in [2.24, 2.45) is 24.6 Å². The predicted molar refractivity (Wildman–Crippen MR) is 104 cm³/mol. The lowest BCUT2D eigenvalue weighted by Crippen LogP contribution is -2.30. The molecule has 2 N–H and O–H groups in total. The van der Waals surface area contributed by atoms with Crippen LogP contribution in [0.3, 0.4) is 0 Å². The van der Waals surface area contributed by atoms with E-state index in [0.717, 1.165) is 34.8 Å². The topological polar surface area (TPSA) is 43.8 Å². The third kappa shape index (κ3) is 3.36. The van der Waals surface area contributed by atoms with Gasteiger partial charge < -0.3 is 5.73 Å². The third-order valence-corrected chi connectivity index (χ3v) is 6.16. The van der Waals surface area contributed by atoms with Crippen LogP contribution in [0, 0.1) is 17.7 Å². The van der Waals surface area contributed by atoms with Crippen LogP contribution in [0.15, 0.2) is 47.0 Å². The first kappa shape index (κ1) is 17.5. The van der Waals surface area contributed by atoms with Gasteiger partial charge in [-0.3, -0.25) is 4.68 Å². The molecular weight excluding hydrogens is 349 g/mol. The minimum absolute atomic E-state index is 0.238. The summed E-state index contributed by atoms with van der Waals surface area (Å²) in [5.74, 6) is 0.825. The van der Waals surface area contributed by atoms with Crippen LogP contribution in [-0.2, 0) is 7.05 Å². The molecule has 3 atom stereocenters. The zero-order valence-electron chi connectivity index (χ0n) is 14.8. The zero-order valence-corrected chi connectivity index (χ0v) is 15.6. The highest BCUT2D eigenvalue weighted by atomic mass is 35.5. The standard InChI is InChI=1S/C21H23ClFN3/c1-26-20(13-4-7-17(23)8-5-13)12-18(25-26)9-6-14-10-15-2-3-16(21(15)24)11-19(14)22/h4-9,12,15-16,21H,2-3,10-11,24H2,1H3/b9-6+/t15-,16+,21?/m0/s1. The van der Waals surface area contributed by atoms with Crippen molar-refractivity contribution in [2.75, 3.05) is 0 Å². The van der Waals surface area contributed by atoms with Gasteiger partial charge in [-0.05, 0) is 85.1 Å². The number of aryl methyl sites for hydroxylation is 1. The Kier molecular flexibility index (Phi) is 4.72. The highest BCUT2D eigenvalue weighted by Gasteiger charge is 2.36. The summed E-state index contributed by atoms with van der Waals surface area (Å²) >= 11 is 6.57. The first-order valence-corrected chi connectivity index (χ1v) is 9.50. The van der Waals surface area contributed by atoms with Gasteiger partial charge in [-0.25, -0.2) is 4.39 Å². The van der Waals surface area contributed by atoms with Gasteiger partial charge in [0.05, 0.1) is 11.4 Å². The molecule has 5 heteroatoms. The van der Waals surface area contributed by atoms with E-state index < -0.39 is 0 Å². The van der Waals surface area contributed by atoms with Crippen molar-refractivity contribution >= 4 is 17.7 Å². The van der Waals surface area contributed by atoms with Crippen LogP contribution in [0.5, 0.6) is 0 Å². The maximum absolute atomic E-state index is 13.1. The molecule has 2 bridgehead atoms. The number of hydrogen-bond donors (Lipinski definition) is 1. The van der Waals surface area contributed by atoms with Gasteiger partial charge in [-0.15, -0.1) is 0 Å². The van der Waals surface area contributed by atoms with Crippen molar-refractivity contribution in [3.05, 3.63) is 58.5 Å². The Bertz CT molecular complexity index is 866. The fourth-order valence-corrected chi connectivity index (χ4v) is 4.57. The largest absolute Gasteiger partial charge is 0.327 e. The molecule has 1 fully saturated rings. The molecule has 1 aromatic carbocycles. The van der Waals surface area contributed by atoms with E-state index in [1.807, 2.05) is 23.9 Å². The van der Waals surface area contributed by atoms with E-state index in [0.29, 0.717) is 11.8 Å². The molecule has 0 saturated heterocycles. The molecule has 26 heavy (non-hydrogen) atoms. The molecule has 4 rings (SSSR count). The number of rotatable bonds is 3. The van der Waals surface area contributed by atoms with Crippen LogP contribution in [-0.4, -0.2) is 15.8 Å². The number of halogens is 2. The number of fused-ring (bicyclic) bond motifs is 2. The van der Waals surface area contributed by atoms with Crippen molar-refractivity contribution in [3.8, 4) is 11.3 Å². The minimum atomic E-state index is -0.238. The Labute approximate surface area is 158 Å². The van der Waals surface area contributed by atoms with Crippen LogP contribution in [0.2, 0.25) is 0 Å². The van der Waals surface area contributed by atoms with E-state index in [1.54, 1.807) is 12.1 Å². The molecular formula is C21H23ClFN3. The number of nitrogens with zero attached hydrogens (tertiary/aromatic N) is 2. The second-order valence-electron chi connectivity index (χ2n) is 7.43. The van der Waals surface area contributed by atoms with Crippen molar-refractivity contribution in [1.29, 1.82) is 0 Å². The van der Waals surface area contributed by atoms with Crippen LogP contribution in [0.25, 0.3) is 17.3 Å². The molecule has 2 aliphatic rings. The van der Waals surface area contributed by atoms with Gasteiger partial charge >= 0.3 is 0 Å². The molecule has 0 aliphatic heterocycles. The maximum Gasteiger partial charge on any atom is 0.123 e. The second kappa shape index (κ2) is 7.01. The summed E-state index contributed by atoms with van der Waals surface area (Å²) in [6.45, 7) is 0. The summed E-state index contributed by atoms with van der Waals surface area (Å²) in [4.78, 5) is 0. The highest BCUT2D eigenvalue weighted by Crippen LogP contribution is 2.43. The molecule has 2 aliphatic carbocycles. The fourth-order valence-electron chi connectivity index (χ4n) is 4.23. The summed E-state index contributed by atoms with van der Waals surface area (Å²) in [6, 6.07) is 8.74. The van der Waals surface area contributed by atoms with E-state index in [9.17, 15) is 4.39 Å². The van der Waals surface area contributed by atoms with Gasteiger partial charge in [0.1, 0.15) is 5.82 Å². The SMILES string of the molecule is Cn1nc(/C=C/C2=C(Cl)C[C@H]3CC[C@@H](C2)C3N)cc1-c1ccc(F)cc1. The van der Waals surface area contributed by atoms with Gasteiger partial charge in [0.2, 0.25) is 0 Å². The van der Waals surface area contributed by atoms with E-state index in [-0.39, 0.29) is 11.9 Å². The Morgan fingerprint density at radius 1 is 1.15 bits per heavy atom. The summed E-state index contributed by atoms with van der Waals surface area (Å²) < 4.78 is 14.9.